The molecule has 2 aliphatic rings. The lowest BCUT2D eigenvalue weighted by Gasteiger charge is -2.46. The fourth-order valence-corrected chi connectivity index (χ4v) is 3.93. The monoisotopic (exact) mass is 282 g/mol. The van der Waals surface area contributed by atoms with Crippen LogP contribution >= 0.6 is 0 Å². The Kier molecular flexibility index (Phi) is 5.44. The number of hydrogen-bond donors (Lipinski definition) is 2. The van der Waals surface area contributed by atoms with Crippen LogP contribution in [0, 0.1) is 5.92 Å². The summed E-state index contributed by atoms with van der Waals surface area (Å²) in [5, 5.41) is 12.8. The molecule has 0 aromatic heterocycles. The molecule has 1 saturated heterocycles. The highest BCUT2D eigenvalue weighted by atomic mass is 16.4. The Hall–Kier alpha value is -0.610. The van der Waals surface area contributed by atoms with Crippen molar-refractivity contribution in [2.45, 2.75) is 70.4 Å². The second-order valence-corrected chi connectivity index (χ2v) is 6.79. The summed E-state index contributed by atoms with van der Waals surface area (Å²) in [6.07, 6.45) is 8.80. The van der Waals surface area contributed by atoms with Crippen molar-refractivity contribution >= 4 is 5.97 Å². The van der Waals surface area contributed by atoms with Crippen LogP contribution in [0.2, 0.25) is 0 Å². The van der Waals surface area contributed by atoms with Gasteiger partial charge in [-0.05, 0) is 58.0 Å². The van der Waals surface area contributed by atoms with E-state index in [0.717, 1.165) is 25.4 Å². The van der Waals surface area contributed by atoms with Gasteiger partial charge in [-0.15, -0.1) is 0 Å². The van der Waals surface area contributed by atoms with Crippen LogP contribution in [0.5, 0.6) is 0 Å². The highest BCUT2D eigenvalue weighted by Gasteiger charge is 2.40. The highest BCUT2D eigenvalue weighted by molar-refractivity contribution is 5.78. The van der Waals surface area contributed by atoms with Crippen molar-refractivity contribution in [3.63, 3.8) is 0 Å². The number of nitrogens with one attached hydrogen (secondary N) is 1. The van der Waals surface area contributed by atoms with E-state index in [0.29, 0.717) is 12.6 Å². The van der Waals surface area contributed by atoms with Gasteiger partial charge >= 0.3 is 5.97 Å². The van der Waals surface area contributed by atoms with Crippen LogP contribution in [0.25, 0.3) is 0 Å². The molecule has 4 nitrogen and oxygen atoms in total. The number of hydrogen-bond acceptors (Lipinski definition) is 3. The molecule has 0 spiro atoms. The summed E-state index contributed by atoms with van der Waals surface area (Å²) in [5.74, 6) is 0.0885. The van der Waals surface area contributed by atoms with Crippen LogP contribution in [-0.4, -0.2) is 47.2 Å². The molecule has 0 radical (unpaired) electrons. The van der Waals surface area contributed by atoms with E-state index < -0.39 is 11.5 Å². The zero-order valence-electron chi connectivity index (χ0n) is 13.0. The van der Waals surface area contributed by atoms with Gasteiger partial charge in [0, 0.05) is 12.6 Å². The number of carbonyl (C=O) groups is 1. The Bertz CT molecular complexity index is 332. The average Bonchev–Trinajstić information content (AvgIpc) is 2.45. The molecule has 2 rings (SSSR count). The molecule has 3 atom stereocenters. The van der Waals surface area contributed by atoms with Gasteiger partial charge in [0.05, 0.1) is 0 Å². The van der Waals surface area contributed by atoms with Crippen molar-refractivity contribution in [1.29, 1.82) is 0 Å². The number of carboxylic acids is 1. The van der Waals surface area contributed by atoms with Crippen molar-refractivity contribution in [2.24, 2.45) is 5.92 Å². The molecule has 116 valence electrons. The number of nitrogens with zero attached hydrogens (tertiary/aromatic N) is 1. The van der Waals surface area contributed by atoms with E-state index in [9.17, 15) is 9.90 Å². The largest absolute Gasteiger partial charge is 0.480 e. The Morgan fingerprint density at radius 1 is 1.30 bits per heavy atom. The first-order chi connectivity index (χ1) is 9.57. The van der Waals surface area contributed by atoms with Gasteiger partial charge in [0.1, 0.15) is 5.54 Å². The number of carboxylic acid groups (broad SMARTS) is 1. The Morgan fingerprint density at radius 2 is 2.00 bits per heavy atom. The minimum atomic E-state index is -0.810. The minimum absolute atomic E-state index is 0.625. The van der Waals surface area contributed by atoms with E-state index in [4.69, 9.17) is 0 Å². The van der Waals surface area contributed by atoms with E-state index >= 15 is 0 Å². The zero-order valence-corrected chi connectivity index (χ0v) is 13.0. The van der Waals surface area contributed by atoms with Gasteiger partial charge in [0.15, 0.2) is 0 Å². The third-order valence-electron chi connectivity index (χ3n) is 5.11. The molecule has 4 heteroatoms. The second kappa shape index (κ2) is 6.90. The van der Waals surface area contributed by atoms with Crippen LogP contribution in [0.3, 0.4) is 0 Å². The van der Waals surface area contributed by atoms with Crippen molar-refractivity contribution in [3.05, 3.63) is 0 Å². The normalized spacial score (nSPS) is 30.5. The van der Waals surface area contributed by atoms with Crippen LogP contribution < -0.4 is 5.32 Å². The maximum absolute atomic E-state index is 11.7. The van der Waals surface area contributed by atoms with Crippen LogP contribution in [-0.2, 0) is 4.79 Å². The first kappa shape index (κ1) is 15.8. The number of rotatable bonds is 6. The number of aliphatic carboxylic acids is 1. The van der Waals surface area contributed by atoms with Crippen LogP contribution in [0.4, 0.5) is 0 Å². The first-order valence-corrected chi connectivity index (χ1v) is 8.29. The SMILES string of the molecule is CCCNC(C)(CN1CCCC2CCCCC21)C(=O)O. The second-order valence-electron chi connectivity index (χ2n) is 6.79. The van der Waals surface area contributed by atoms with Crippen molar-refractivity contribution < 1.29 is 9.90 Å². The fraction of sp³-hybridized carbons (Fsp3) is 0.938. The maximum Gasteiger partial charge on any atom is 0.324 e. The molecule has 20 heavy (non-hydrogen) atoms. The van der Waals surface area contributed by atoms with Gasteiger partial charge in [-0.2, -0.15) is 0 Å². The zero-order chi connectivity index (χ0) is 14.6. The number of likely N-dealkylation sites (tertiary alicyclic amines) is 1. The predicted molar refractivity (Wildman–Crippen MR) is 80.9 cm³/mol. The molecular weight excluding hydrogens is 252 g/mol. The Labute approximate surface area is 122 Å². The summed E-state index contributed by atoms with van der Waals surface area (Å²) >= 11 is 0. The first-order valence-electron chi connectivity index (χ1n) is 8.29. The van der Waals surface area contributed by atoms with Crippen molar-refractivity contribution in [3.8, 4) is 0 Å². The topological polar surface area (TPSA) is 52.6 Å². The maximum atomic E-state index is 11.7. The average molecular weight is 282 g/mol. The van der Waals surface area contributed by atoms with Crippen LogP contribution in [0.15, 0.2) is 0 Å². The van der Waals surface area contributed by atoms with Crippen molar-refractivity contribution in [2.75, 3.05) is 19.6 Å². The van der Waals surface area contributed by atoms with E-state index in [2.05, 4.69) is 17.1 Å². The molecule has 2 fully saturated rings. The summed E-state index contributed by atoms with van der Waals surface area (Å²) in [4.78, 5) is 14.1. The quantitative estimate of drug-likeness (QED) is 0.786. The summed E-state index contributed by atoms with van der Waals surface area (Å²) in [7, 11) is 0. The van der Waals surface area contributed by atoms with Gasteiger partial charge in [-0.25, -0.2) is 0 Å². The van der Waals surface area contributed by atoms with E-state index in [1.54, 1.807) is 0 Å². The third-order valence-corrected chi connectivity index (χ3v) is 5.11. The Balaban J connectivity index is 2.02. The summed E-state index contributed by atoms with van der Waals surface area (Å²) in [6, 6.07) is 0.625. The van der Waals surface area contributed by atoms with E-state index in [1.165, 1.54) is 38.5 Å². The lowest BCUT2D eigenvalue weighted by Crippen LogP contribution is -2.60. The highest BCUT2D eigenvalue weighted by Crippen LogP contribution is 2.35. The molecule has 0 aromatic rings. The molecule has 0 bridgehead atoms. The molecule has 1 aliphatic heterocycles. The van der Waals surface area contributed by atoms with Gasteiger partial charge in [0.25, 0.3) is 0 Å². The molecule has 1 saturated carbocycles. The van der Waals surface area contributed by atoms with Crippen LogP contribution in [0.1, 0.15) is 58.8 Å². The number of piperidine rings is 1. The minimum Gasteiger partial charge on any atom is -0.480 e. The lowest BCUT2D eigenvalue weighted by atomic mass is 9.78. The van der Waals surface area contributed by atoms with E-state index in [-0.39, 0.29) is 0 Å². The fourth-order valence-electron chi connectivity index (χ4n) is 3.93. The smallest absolute Gasteiger partial charge is 0.324 e. The lowest BCUT2D eigenvalue weighted by molar-refractivity contribution is -0.145. The summed E-state index contributed by atoms with van der Waals surface area (Å²) in [6.45, 7) is 6.40. The molecule has 1 aliphatic carbocycles. The molecule has 3 unspecified atom stereocenters. The number of fused-ring (bicyclic) bond motifs is 1. The molecular formula is C16H30N2O2. The molecule has 0 amide bonds. The predicted octanol–water partition coefficient (Wildman–Crippen LogP) is 2.48. The van der Waals surface area contributed by atoms with Gasteiger partial charge in [-0.3, -0.25) is 9.69 Å². The van der Waals surface area contributed by atoms with E-state index in [1.807, 2.05) is 6.92 Å². The Morgan fingerprint density at radius 3 is 2.70 bits per heavy atom. The standard InChI is InChI=1S/C16H30N2O2/c1-3-10-17-16(2,15(19)20)12-18-11-6-8-13-7-4-5-9-14(13)18/h13-14,17H,3-12H2,1-2H3,(H,19,20). The molecule has 2 N–H and O–H groups in total. The summed E-state index contributed by atoms with van der Waals surface area (Å²) < 4.78 is 0. The molecule has 0 aromatic carbocycles. The molecule has 1 heterocycles. The third kappa shape index (κ3) is 3.53. The van der Waals surface area contributed by atoms with Gasteiger partial charge in [-0.1, -0.05) is 19.8 Å². The summed E-state index contributed by atoms with van der Waals surface area (Å²) in [5.41, 5.74) is -0.810. The van der Waals surface area contributed by atoms with Crippen molar-refractivity contribution in [1.82, 2.24) is 10.2 Å². The van der Waals surface area contributed by atoms with Gasteiger partial charge in [0.2, 0.25) is 0 Å². The van der Waals surface area contributed by atoms with Gasteiger partial charge < -0.3 is 10.4 Å².